The molecule has 1 atom stereocenters. The van der Waals surface area contributed by atoms with E-state index < -0.39 is 0 Å². The molecule has 3 heterocycles. The van der Waals surface area contributed by atoms with E-state index in [9.17, 15) is 0 Å². The molecule has 0 saturated carbocycles. The summed E-state index contributed by atoms with van der Waals surface area (Å²) in [7, 11) is 0. The van der Waals surface area contributed by atoms with Gasteiger partial charge in [-0.1, -0.05) is 0 Å². The van der Waals surface area contributed by atoms with Gasteiger partial charge in [-0.05, 0) is 39.5 Å². The van der Waals surface area contributed by atoms with E-state index in [2.05, 4.69) is 50.9 Å². The van der Waals surface area contributed by atoms with Crippen molar-refractivity contribution in [2.45, 2.75) is 39.2 Å². The van der Waals surface area contributed by atoms with Crippen molar-refractivity contribution >= 4 is 17.0 Å². The van der Waals surface area contributed by atoms with Gasteiger partial charge in [0.05, 0.1) is 6.33 Å². The molecule has 3 rings (SSSR count). The number of aromatic amines is 1. The van der Waals surface area contributed by atoms with Gasteiger partial charge in [0.15, 0.2) is 11.5 Å². The largest absolute Gasteiger partial charge is 0.354 e. The van der Waals surface area contributed by atoms with Crippen LogP contribution in [-0.2, 0) is 0 Å². The lowest BCUT2D eigenvalue weighted by Gasteiger charge is -2.35. The predicted molar refractivity (Wildman–Crippen MR) is 84.4 cm³/mol. The summed E-state index contributed by atoms with van der Waals surface area (Å²) in [4.78, 5) is 18.4. The monoisotopic (exact) mass is 288 g/mol. The van der Waals surface area contributed by atoms with Crippen LogP contribution in [0.3, 0.4) is 0 Å². The minimum atomic E-state index is 0.174. The van der Waals surface area contributed by atoms with Gasteiger partial charge >= 0.3 is 0 Å². The second kappa shape index (κ2) is 5.60. The molecule has 0 aliphatic carbocycles. The Morgan fingerprint density at radius 1 is 1.33 bits per heavy atom. The number of aromatic nitrogens is 4. The van der Waals surface area contributed by atoms with Crippen LogP contribution in [0.4, 0.5) is 5.82 Å². The molecule has 0 radical (unpaired) electrons. The lowest BCUT2D eigenvalue weighted by Crippen LogP contribution is -2.45. The van der Waals surface area contributed by atoms with Crippen molar-refractivity contribution < 1.29 is 0 Å². The Morgan fingerprint density at radius 2 is 2.19 bits per heavy atom. The quantitative estimate of drug-likeness (QED) is 0.903. The first-order chi connectivity index (χ1) is 10.0. The predicted octanol–water partition coefficient (Wildman–Crippen LogP) is 1.96. The number of anilines is 1. The molecule has 1 aliphatic rings. The lowest BCUT2D eigenvalue weighted by molar-refractivity contribution is 0.335. The third-order valence-corrected chi connectivity index (χ3v) is 3.94. The van der Waals surface area contributed by atoms with Crippen LogP contribution >= 0.6 is 0 Å². The summed E-state index contributed by atoms with van der Waals surface area (Å²) >= 11 is 0. The first kappa shape index (κ1) is 14.3. The van der Waals surface area contributed by atoms with Gasteiger partial charge in [-0.3, -0.25) is 0 Å². The van der Waals surface area contributed by atoms with E-state index >= 15 is 0 Å². The molecule has 1 unspecified atom stereocenters. The Labute approximate surface area is 125 Å². The number of piperidine rings is 1. The smallest absolute Gasteiger partial charge is 0.182 e. The zero-order chi connectivity index (χ0) is 14.9. The van der Waals surface area contributed by atoms with E-state index in [1.54, 1.807) is 12.7 Å². The summed E-state index contributed by atoms with van der Waals surface area (Å²) in [6.45, 7) is 9.78. The minimum absolute atomic E-state index is 0.174. The van der Waals surface area contributed by atoms with Crippen molar-refractivity contribution in [3.05, 3.63) is 12.7 Å². The molecule has 6 heteroatoms. The normalized spacial score (nSPS) is 20.1. The number of hydrogen-bond donors (Lipinski definition) is 2. The van der Waals surface area contributed by atoms with Gasteiger partial charge in [0.2, 0.25) is 0 Å². The van der Waals surface area contributed by atoms with Crippen LogP contribution < -0.4 is 10.2 Å². The number of fused-ring (bicyclic) bond motifs is 1. The standard InChI is InChI=1S/C15H24N6/c1-15(2,3)20-7-11-5-4-6-21(8-11)14-12-13(17-9-16-12)18-10-19-14/h9-11,20H,4-8H2,1-3H3,(H,16,17,18,19). The minimum Gasteiger partial charge on any atom is -0.354 e. The van der Waals surface area contributed by atoms with E-state index in [-0.39, 0.29) is 5.54 Å². The molecule has 114 valence electrons. The van der Waals surface area contributed by atoms with E-state index in [1.165, 1.54) is 12.8 Å². The highest BCUT2D eigenvalue weighted by molar-refractivity contribution is 5.82. The number of nitrogens with zero attached hydrogens (tertiary/aromatic N) is 4. The first-order valence-electron chi connectivity index (χ1n) is 7.67. The summed E-state index contributed by atoms with van der Waals surface area (Å²) < 4.78 is 0. The maximum absolute atomic E-state index is 4.47. The number of imidazole rings is 1. The first-order valence-corrected chi connectivity index (χ1v) is 7.67. The van der Waals surface area contributed by atoms with E-state index in [0.717, 1.165) is 36.6 Å². The third-order valence-electron chi connectivity index (χ3n) is 3.94. The molecule has 2 aromatic heterocycles. The molecule has 2 N–H and O–H groups in total. The molecule has 0 amide bonds. The summed E-state index contributed by atoms with van der Waals surface area (Å²) in [5.74, 6) is 1.64. The van der Waals surface area contributed by atoms with Gasteiger partial charge in [0.1, 0.15) is 11.8 Å². The highest BCUT2D eigenvalue weighted by atomic mass is 15.2. The molecule has 0 bridgehead atoms. The highest BCUT2D eigenvalue weighted by Gasteiger charge is 2.24. The third kappa shape index (κ3) is 3.32. The van der Waals surface area contributed by atoms with Crippen molar-refractivity contribution in [3.8, 4) is 0 Å². The Bertz CT molecular complexity index is 599. The van der Waals surface area contributed by atoms with Crippen LogP contribution in [0.15, 0.2) is 12.7 Å². The number of hydrogen-bond acceptors (Lipinski definition) is 5. The molecule has 1 aliphatic heterocycles. The fourth-order valence-corrected chi connectivity index (χ4v) is 2.87. The van der Waals surface area contributed by atoms with Gasteiger partial charge in [-0.25, -0.2) is 15.0 Å². The van der Waals surface area contributed by atoms with E-state index in [1.807, 2.05) is 0 Å². The van der Waals surface area contributed by atoms with Gasteiger partial charge in [-0.15, -0.1) is 0 Å². The van der Waals surface area contributed by atoms with Crippen LogP contribution in [-0.4, -0.2) is 45.1 Å². The number of nitrogens with one attached hydrogen (secondary N) is 2. The fourth-order valence-electron chi connectivity index (χ4n) is 2.87. The molecular weight excluding hydrogens is 264 g/mol. The number of H-pyrrole nitrogens is 1. The van der Waals surface area contributed by atoms with Gasteiger partial charge in [0, 0.05) is 25.2 Å². The highest BCUT2D eigenvalue weighted by Crippen LogP contribution is 2.25. The zero-order valence-corrected chi connectivity index (χ0v) is 13.1. The maximum Gasteiger partial charge on any atom is 0.182 e. The van der Waals surface area contributed by atoms with Crippen molar-refractivity contribution in [2.75, 3.05) is 24.5 Å². The van der Waals surface area contributed by atoms with Crippen LogP contribution in [0.1, 0.15) is 33.6 Å². The summed E-state index contributed by atoms with van der Waals surface area (Å²) in [6, 6.07) is 0. The summed E-state index contributed by atoms with van der Waals surface area (Å²) in [5.41, 5.74) is 1.87. The van der Waals surface area contributed by atoms with Crippen molar-refractivity contribution in [1.82, 2.24) is 25.3 Å². The van der Waals surface area contributed by atoms with Crippen LogP contribution in [0, 0.1) is 5.92 Å². The van der Waals surface area contributed by atoms with Crippen LogP contribution in [0.2, 0.25) is 0 Å². The van der Waals surface area contributed by atoms with Crippen LogP contribution in [0.5, 0.6) is 0 Å². The average Bonchev–Trinajstić information content (AvgIpc) is 2.93. The van der Waals surface area contributed by atoms with Crippen molar-refractivity contribution in [2.24, 2.45) is 5.92 Å². The van der Waals surface area contributed by atoms with E-state index in [4.69, 9.17) is 0 Å². The van der Waals surface area contributed by atoms with Gasteiger partial charge < -0.3 is 15.2 Å². The Kier molecular flexibility index (Phi) is 3.80. The Morgan fingerprint density at radius 3 is 3.00 bits per heavy atom. The van der Waals surface area contributed by atoms with Gasteiger partial charge in [0.25, 0.3) is 0 Å². The molecule has 6 nitrogen and oxygen atoms in total. The lowest BCUT2D eigenvalue weighted by atomic mass is 9.96. The Hall–Kier alpha value is -1.69. The van der Waals surface area contributed by atoms with E-state index in [0.29, 0.717) is 5.92 Å². The average molecular weight is 288 g/mol. The maximum atomic E-state index is 4.47. The van der Waals surface area contributed by atoms with Gasteiger partial charge in [-0.2, -0.15) is 0 Å². The second-order valence-electron chi connectivity index (χ2n) is 6.88. The van der Waals surface area contributed by atoms with Crippen molar-refractivity contribution in [3.63, 3.8) is 0 Å². The topological polar surface area (TPSA) is 69.7 Å². The van der Waals surface area contributed by atoms with Crippen molar-refractivity contribution in [1.29, 1.82) is 0 Å². The molecule has 21 heavy (non-hydrogen) atoms. The molecule has 0 spiro atoms. The molecular formula is C15H24N6. The molecule has 1 saturated heterocycles. The molecule has 1 fully saturated rings. The fraction of sp³-hybridized carbons (Fsp3) is 0.667. The zero-order valence-electron chi connectivity index (χ0n) is 13.1. The summed E-state index contributed by atoms with van der Waals surface area (Å²) in [5, 5.41) is 3.62. The van der Waals surface area contributed by atoms with Crippen LogP contribution in [0.25, 0.3) is 11.2 Å². The SMILES string of the molecule is CC(C)(C)NCC1CCCN(c2ncnc3nc[nH]c23)C1. The number of rotatable bonds is 3. The Balaban J connectivity index is 1.72. The molecule has 2 aromatic rings. The summed E-state index contributed by atoms with van der Waals surface area (Å²) in [6.07, 6.45) is 5.77. The molecule has 0 aromatic carbocycles. The second-order valence-corrected chi connectivity index (χ2v) is 6.88.